The highest BCUT2D eigenvalue weighted by Crippen LogP contribution is 2.22. The number of aromatic nitrogens is 2. The summed E-state index contributed by atoms with van der Waals surface area (Å²) in [5.41, 5.74) is 0.813. The van der Waals surface area contributed by atoms with E-state index in [0.29, 0.717) is 5.95 Å². The fourth-order valence-corrected chi connectivity index (χ4v) is 1.68. The predicted octanol–water partition coefficient (Wildman–Crippen LogP) is 2.63. The van der Waals surface area contributed by atoms with E-state index in [2.05, 4.69) is 30.4 Å². The van der Waals surface area contributed by atoms with Crippen LogP contribution in [0, 0.1) is 0 Å². The molecule has 5 nitrogen and oxygen atoms in total. The van der Waals surface area contributed by atoms with Crippen molar-refractivity contribution in [3.05, 3.63) is 24.5 Å². The molecular formula is C13H22N3O2P. The van der Waals surface area contributed by atoms with Crippen LogP contribution in [0.4, 0.5) is 5.95 Å². The average molecular weight is 283 g/mol. The Kier molecular flexibility index (Phi) is 7.56. The summed E-state index contributed by atoms with van der Waals surface area (Å²) >= 11 is 0. The second-order valence-electron chi connectivity index (χ2n) is 4.22. The van der Waals surface area contributed by atoms with Gasteiger partial charge in [-0.3, -0.25) is 0 Å². The maximum Gasteiger partial charge on any atom is 0.226 e. The molecule has 1 aromatic heterocycles. The molecule has 1 aliphatic rings. The molecule has 1 aliphatic heterocycles. The first-order valence-electron chi connectivity index (χ1n) is 6.50. The molecule has 2 rings (SSSR count). The summed E-state index contributed by atoms with van der Waals surface area (Å²) in [6.45, 7) is 9.48. The van der Waals surface area contributed by atoms with Crippen molar-refractivity contribution in [1.82, 2.24) is 9.97 Å². The van der Waals surface area contributed by atoms with Gasteiger partial charge in [0.25, 0.3) is 0 Å². The lowest BCUT2D eigenvalue weighted by molar-refractivity contribution is 0.176. The van der Waals surface area contributed by atoms with E-state index in [1.54, 1.807) is 18.3 Å². The third-order valence-corrected chi connectivity index (χ3v) is 3.16. The zero-order valence-electron chi connectivity index (χ0n) is 11.5. The van der Waals surface area contributed by atoms with Crippen molar-refractivity contribution in [2.45, 2.75) is 32.8 Å². The summed E-state index contributed by atoms with van der Waals surface area (Å²) in [6, 6.07) is 1.80. The van der Waals surface area contributed by atoms with Gasteiger partial charge in [-0.05, 0) is 12.1 Å². The molecule has 106 valence electrons. The number of hydrogen-bond donors (Lipinski definition) is 1. The Hall–Kier alpha value is -1.03. The van der Waals surface area contributed by atoms with Crippen molar-refractivity contribution in [2.24, 2.45) is 0 Å². The molecule has 1 aromatic rings. The largest absolute Gasteiger partial charge is 0.352 e. The minimum absolute atomic E-state index is 0.101. The van der Waals surface area contributed by atoms with Crippen molar-refractivity contribution in [2.75, 3.05) is 18.0 Å². The van der Waals surface area contributed by atoms with Crippen LogP contribution < -0.4 is 4.90 Å². The molecule has 2 heterocycles. The molecule has 19 heavy (non-hydrogen) atoms. The highest BCUT2D eigenvalue weighted by Gasteiger charge is 2.29. The Labute approximate surface area is 116 Å². The van der Waals surface area contributed by atoms with Gasteiger partial charge in [-0.2, -0.15) is 0 Å². The van der Waals surface area contributed by atoms with Crippen LogP contribution in [-0.4, -0.2) is 34.1 Å². The van der Waals surface area contributed by atoms with Crippen LogP contribution in [0.25, 0.3) is 6.08 Å². The average Bonchev–Trinajstić information content (AvgIpc) is 2.42. The second kappa shape index (κ2) is 8.97. The maximum atomic E-state index is 8.58. The quantitative estimate of drug-likeness (QED) is 0.842. The van der Waals surface area contributed by atoms with Gasteiger partial charge >= 0.3 is 0 Å². The van der Waals surface area contributed by atoms with Gasteiger partial charge in [0.05, 0.1) is 11.8 Å². The Morgan fingerprint density at radius 3 is 2.74 bits per heavy atom. The third kappa shape index (κ3) is 5.23. The van der Waals surface area contributed by atoms with Crippen LogP contribution in [-0.2, 0) is 4.52 Å². The van der Waals surface area contributed by atoms with Gasteiger partial charge < -0.3 is 14.3 Å². The minimum atomic E-state index is -0.442. The van der Waals surface area contributed by atoms with E-state index in [0.717, 1.165) is 18.8 Å². The van der Waals surface area contributed by atoms with Crippen LogP contribution in [0.1, 0.15) is 32.4 Å². The van der Waals surface area contributed by atoms with E-state index in [1.165, 1.54) is 12.8 Å². The first-order chi connectivity index (χ1) is 9.24. The summed E-state index contributed by atoms with van der Waals surface area (Å²) in [4.78, 5) is 19.0. The van der Waals surface area contributed by atoms with Crippen LogP contribution in [0.5, 0.6) is 0 Å². The monoisotopic (exact) mass is 283 g/mol. The van der Waals surface area contributed by atoms with Crippen molar-refractivity contribution < 1.29 is 9.42 Å². The normalized spacial score (nSPS) is 15.0. The molecule has 0 amide bonds. The third-order valence-electron chi connectivity index (χ3n) is 2.72. The lowest BCUT2D eigenvalue weighted by Gasteiger charge is -2.38. The van der Waals surface area contributed by atoms with Crippen LogP contribution in [0.3, 0.4) is 0 Å². The Balaban J connectivity index is 0.000000399. The number of nitrogens with zero attached hydrogens (tertiary/aromatic N) is 3. The van der Waals surface area contributed by atoms with Crippen molar-refractivity contribution >= 4 is 21.1 Å². The molecule has 0 radical (unpaired) electrons. The maximum absolute atomic E-state index is 8.58. The Morgan fingerprint density at radius 1 is 1.53 bits per heavy atom. The summed E-state index contributed by atoms with van der Waals surface area (Å²) in [5, 5.41) is 0. The molecular weight excluding hydrogens is 261 g/mol. The molecule has 1 fully saturated rings. The van der Waals surface area contributed by atoms with E-state index in [-0.39, 0.29) is 6.10 Å². The van der Waals surface area contributed by atoms with E-state index in [9.17, 15) is 0 Å². The fourth-order valence-electron chi connectivity index (χ4n) is 1.38. The van der Waals surface area contributed by atoms with E-state index in [4.69, 9.17) is 9.42 Å². The smallest absolute Gasteiger partial charge is 0.226 e. The lowest BCUT2D eigenvalue weighted by Crippen LogP contribution is -2.52. The van der Waals surface area contributed by atoms with Crippen molar-refractivity contribution in [3.63, 3.8) is 0 Å². The highest BCUT2D eigenvalue weighted by molar-refractivity contribution is 7.25. The van der Waals surface area contributed by atoms with Gasteiger partial charge in [-0.1, -0.05) is 33.3 Å². The fraction of sp³-hybridized carbons (Fsp3) is 0.538. The molecule has 0 saturated carbocycles. The summed E-state index contributed by atoms with van der Waals surface area (Å²) in [5.74, 6) is 0.688. The second-order valence-corrected chi connectivity index (χ2v) is 4.64. The molecule has 1 N–H and O–H groups in total. The SMILES string of the molecule is C=Cc1ccnc(N2CC(OPO)C2)n1.CCCC. The van der Waals surface area contributed by atoms with Crippen molar-refractivity contribution in [3.8, 4) is 0 Å². The van der Waals surface area contributed by atoms with Gasteiger partial charge in [0.15, 0.2) is 9.03 Å². The van der Waals surface area contributed by atoms with E-state index >= 15 is 0 Å². The summed E-state index contributed by atoms with van der Waals surface area (Å²) in [6.07, 6.45) is 6.14. The topological polar surface area (TPSA) is 58.5 Å². The van der Waals surface area contributed by atoms with Gasteiger partial charge in [-0.25, -0.2) is 9.97 Å². The van der Waals surface area contributed by atoms with Crippen LogP contribution >= 0.6 is 9.03 Å². The standard InChI is InChI=1S/C9H12N3O2P.C4H10/c1-2-7-3-4-10-9(11-7)12-5-8(6-12)14-15-13;1-3-4-2/h2-4,8,13,15H,1,5-6H2;3-4H2,1-2H3. The molecule has 0 aliphatic carbocycles. The van der Waals surface area contributed by atoms with Gasteiger partial charge in [0, 0.05) is 19.3 Å². The molecule has 0 spiro atoms. The van der Waals surface area contributed by atoms with Crippen LogP contribution in [0.15, 0.2) is 18.8 Å². The lowest BCUT2D eigenvalue weighted by atomic mass is 10.2. The minimum Gasteiger partial charge on any atom is -0.352 e. The molecule has 1 unspecified atom stereocenters. The molecule has 0 bridgehead atoms. The molecule has 0 aromatic carbocycles. The zero-order chi connectivity index (χ0) is 14.1. The van der Waals surface area contributed by atoms with Gasteiger partial charge in [0.2, 0.25) is 5.95 Å². The first-order valence-corrected chi connectivity index (χ1v) is 7.35. The Morgan fingerprint density at radius 2 is 2.21 bits per heavy atom. The number of unbranched alkanes of at least 4 members (excludes halogenated alkanes) is 1. The Bertz CT molecular complexity index is 382. The number of rotatable bonds is 5. The zero-order valence-corrected chi connectivity index (χ0v) is 12.5. The number of anilines is 1. The van der Waals surface area contributed by atoms with E-state index in [1.807, 2.05) is 4.90 Å². The predicted molar refractivity (Wildman–Crippen MR) is 80.3 cm³/mol. The van der Waals surface area contributed by atoms with Gasteiger partial charge in [-0.15, -0.1) is 0 Å². The summed E-state index contributed by atoms with van der Waals surface area (Å²) < 4.78 is 5.05. The van der Waals surface area contributed by atoms with E-state index < -0.39 is 9.03 Å². The van der Waals surface area contributed by atoms with Crippen molar-refractivity contribution in [1.29, 1.82) is 0 Å². The first kappa shape index (κ1) is 16.0. The van der Waals surface area contributed by atoms with Crippen LogP contribution in [0.2, 0.25) is 0 Å². The molecule has 6 heteroatoms. The van der Waals surface area contributed by atoms with Gasteiger partial charge in [0.1, 0.15) is 0 Å². The molecule has 1 saturated heterocycles. The molecule has 1 atom stereocenters. The highest BCUT2D eigenvalue weighted by atomic mass is 31.1. The summed E-state index contributed by atoms with van der Waals surface area (Å²) in [7, 11) is -0.442. The number of hydrogen-bond acceptors (Lipinski definition) is 5.